The van der Waals surface area contributed by atoms with Gasteiger partial charge in [-0.05, 0) is 53.8 Å². The molecule has 1 aromatic heterocycles. The number of rotatable bonds is 9. The monoisotopic (exact) mass is 422 g/mol. The molecule has 164 valence electrons. The summed E-state index contributed by atoms with van der Waals surface area (Å²) in [6.07, 6.45) is 4.80. The number of hydrogen-bond acceptors (Lipinski definition) is 3. The predicted octanol–water partition coefficient (Wildman–Crippen LogP) is 4.64. The number of ether oxygens (including phenoxy) is 1. The van der Waals surface area contributed by atoms with Crippen molar-refractivity contribution < 1.29 is 19.4 Å². The Balaban J connectivity index is 1.89. The lowest BCUT2D eigenvalue weighted by atomic mass is 10.0. The molecule has 2 aromatic carbocycles. The Kier molecular flexibility index (Phi) is 7.00. The molecular formula is C25H30N2O4. The van der Waals surface area contributed by atoms with Gasteiger partial charge in [0.15, 0.2) is 0 Å². The number of methoxy groups -OCH3 is 1. The zero-order valence-corrected chi connectivity index (χ0v) is 18.6. The second-order valence-corrected chi connectivity index (χ2v) is 8.11. The Labute approximate surface area is 182 Å². The largest absolute Gasteiger partial charge is 0.496 e. The minimum Gasteiger partial charge on any atom is -0.496 e. The van der Waals surface area contributed by atoms with Gasteiger partial charge in [-0.15, -0.1) is 0 Å². The zero-order valence-electron chi connectivity index (χ0n) is 18.6. The highest BCUT2D eigenvalue weighted by molar-refractivity contribution is 5.99. The second-order valence-electron chi connectivity index (χ2n) is 8.11. The lowest BCUT2D eigenvalue weighted by Gasteiger charge is -2.12. The van der Waals surface area contributed by atoms with Crippen LogP contribution in [0.25, 0.3) is 10.9 Å². The number of carbonyl (C=O) groups is 2. The van der Waals surface area contributed by atoms with Crippen LogP contribution in [0.3, 0.4) is 0 Å². The molecule has 6 nitrogen and oxygen atoms in total. The highest BCUT2D eigenvalue weighted by Crippen LogP contribution is 2.28. The average Bonchev–Trinajstić information content (AvgIpc) is 3.07. The van der Waals surface area contributed by atoms with E-state index in [1.165, 1.54) is 7.11 Å². The average molecular weight is 423 g/mol. The number of nitrogens with one attached hydrogen (secondary N) is 1. The lowest BCUT2D eigenvalue weighted by Crippen LogP contribution is -2.28. The molecule has 31 heavy (non-hydrogen) atoms. The van der Waals surface area contributed by atoms with Gasteiger partial charge in [0, 0.05) is 42.7 Å². The van der Waals surface area contributed by atoms with Crippen molar-refractivity contribution in [2.24, 2.45) is 13.0 Å². The molecule has 2 N–H and O–H groups in total. The van der Waals surface area contributed by atoms with Gasteiger partial charge in [-0.3, -0.25) is 4.79 Å². The van der Waals surface area contributed by atoms with Gasteiger partial charge in [-0.25, -0.2) is 4.79 Å². The first-order chi connectivity index (χ1) is 14.8. The van der Waals surface area contributed by atoms with Gasteiger partial charge in [0.1, 0.15) is 5.75 Å². The van der Waals surface area contributed by atoms with E-state index in [9.17, 15) is 14.7 Å². The molecule has 0 saturated heterocycles. The fourth-order valence-corrected chi connectivity index (χ4v) is 3.95. The number of aromatic carboxylic acids is 1. The van der Waals surface area contributed by atoms with E-state index >= 15 is 0 Å². The van der Waals surface area contributed by atoms with Crippen LogP contribution in [0, 0.1) is 5.92 Å². The summed E-state index contributed by atoms with van der Waals surface area (Å²) in [7, 11) is 3.51. The summed E-state index contributed by atoms with van der Waals surface area (Å²) in [5, 5.41) is 13.3. The third kappa shape index (κ3) is 5.08. The molecule has 0 aliphatic carbocycles. The Morgan fingerprint density at radius 3 is 2.55 bits per heavy atom. The van der Waals surface area contributed by atoms with Crippen LogP contribution in [0.1, 0.15) is 58.5 Å². The van der Waals surface area contributed by atoms with E-state index in [1.807, 2.05) is 36.0 Å². The van der Waals surface area contributed by atoms with E-state index in [2.05, 4.69) is 19.2 Å². The first kappa shape index (κ1) is 22.4. The standard InChI is InChI=1S/C25H30N2O4/c1-5-6-16(2)14-26-24(28)18-9-10-22-21(12-18)20(15-27(22)3)11-17-7-8-19(25(29)30)13-23(17)31-4/h7-10,12-13,15-16H,5-6,11,14H2,1-4H3,(H,26,28)(H,29,30). The number of aryl methyl sites for hydroxylation is 1. The number of benzene rings is 2. The molecule has 6 heteroatoms. The molecule has 0 aliphatic rings. The van der Waals surface area contributed by atoms with Crippen molar-refractivity contribution in [3.05, 3.63) is 64.8 Å². The summed E-state index contributed by atoms with van der Waals surface area (Å²) in [5.74, 6) is -0.0658. The van der Waals surface area contributed by atoms with Crippen molar-refractivity contribution in [3.63, 3.8) is 0 Å². The van der Waals surface area contributed by atoms with Crippen LogP contribution in [-0.4, -0.2) is 35.2 Å². The molecule has 1 atom stereocenters. The van der Waals surface area contributed by atoms with E-state index in [1.54, 1.807) is 18.2 Å². The summed E-state index contributed by atoms with van der Waals surface area (Å²) in [5.41, 5.74) is 3.80. The quantitative estimate of drug-likeness (QED) is 0.526. The van der Waals surface area contributed by atoms with Crippen molar-refractivity contribution in [2.45, 2.75) is 33.1 Å². The number of hydrogen-bond donors (Lipinski definition) is 2. The molecule has 1 unspecified atom stereocenters. The third-order valence-corrected chi connectivity index (χ3v) is 5.64. The van der Waals surface area contributed by atoms with Crippen molar-refractivity contribution in [2.75, 3.05) is 13.7 Å². The molecule has 0 bridgehead atoms. The Bertz CT molecular complexity index is 1100. The van der Waals surface area contributed by atoms with Gasteiger partial charge in [-0.2, -0.15) is 0 Å². The van der Waals surface area contributed by atoms with Crippen LogP contribution in [-0.2, 0) is 13.5 Å². The first-order valence-corrected chi connectivity index (χ1v) is 10.6. The number of carbonyl (C=O) groups excluding carboxylic acids is 1. The summed E-state index contributed by atoms with van der Waals surface area (Å²) < 4.78 is 7.46. The van der Waals surface area contributed by atoms with Gasteiger partial charge in [0.05, 0.1) is 12.7 Å². The topological polar surface area (TPSA) is 80.6 Å². The summed E-state index contributed by atoms with van der Waals surface area (Å²) >= 11 is 0. The van der Waals surface area contributed by atoms with Crippen molar-refractivity contribution in [1.82, 2.24) is 9.88 Å². The smallest absolute Gasteiger partial charge is 0.335 e. The maximum Gasteiger partial charge on any atom is 0.335 e. The van der Waals surface area contributed by atoms with Gasteiger partial charge < -0.3 is 19.7 Å². The van der Waals surface area contributed by atoms with Gasteiger partial charge in [0.25, 0.3) is 5.91 Å². The molecule has 0 saturated carbocycles. The maximum atomic E-state index is 12.7. The van der Waals surface area contributed by atoms with Crippen molar-refractivity contribution in [1.29, 1.82) is 0 Å². The fraction of sp³-hybridized carbons (Fsp3) is 0.360. The normalized spacial score (nSPS) is 12.0. The van der Waals surface area contributed by atoms with Crippen LogP contribution in [0.2, 0.25) is 0 Å². The van der Waals surface area contributed by atoms with Gasteiger partial charge in [-0.1, -0.05) is 26.3 Å². The molecule has 0 aliphatic heterocycles. The van der Waals surface area contributed by atoms with E-state index in [0.717, 1.165) is 34.9 Å². The zero-order chi connectivity index (χ0) is 22.5. The Hall–Kier alpha value is -3.28. The number of amides is 1. The van der Waals surface area contributed by atoms with Crippen LogP contribution >= 0.6 is 0 Å². The van der Waals surface area contributed by atoms with Crippen LogP contribution in [0.15, 0.2) is 42.6 Å². The van der Waals surface area contributed by atoms with Crippen LogP contribution < -0.4 is 10.1 Å². The van der Waals surface area contributed by atoms with Crippen LogP contribution in [0.5, 0.6) is 5.75 Å². The third-order valence-electron chi connectivity index (χ3n) is 5.64. The summed E-state index contributed by atoms with van der Waals surface area (Å²) in [4.78, 5) is 23.9. The number of carboxylic acid groups (broad SMARTS) is 1. The summed E-state index contributed by atoms with van der Waals surface area (Å²) in [6, 6.07) is 10.7. The van der Waals surface area contributed by atoms with E-state index < -0.39 is 5.97 Å². The highest BCUT2D eigenvalue weighted by Gasteiger charge is 2.15. The Morgan fingerprint density at radius 1 is 1.13 bits per heavy atom. The SMILES string of the molecule is CCCC(C)CNC(=O)c1ccc2c(c1)c(Cc1ccc(C(=O)O)cc1OC)cn2C. The van der Waals surface area contributed by atoms with Crippen molar-refractivity contribution in [3.8, 4) is 5.75 Å². The fourth-order valence-electron chi connectivity index (χ4n) is 3.95. The molecule has 0 spiro atoms. The molecule has 0 fully saturated rings. The number of aromatic nitrogens is 1. The number of nitrogens with zero attached hydrogens (tertiary/aromatic N) is 1. The number of fused-ring (bicyclic) bond motifs is 1. The predicted molar refractivity (Wildman–Crippen MR) is 122 cm³/mol. The highest BCUT2D eigenvalue weighted by atomic mass is 16.5. The second kappa shape index (κ2) is 9.69. The Morgan fingerprint density at radius 2 is 1.87 bits per heavy atom. The summed E-state index contributed by atoms with van der Waals surface area (Å²) in [6.45, 7) is 4.96. The van der Waals surface area contributed by atoms with Crippen molar-refractivity contribution >= 4 is 22.8 Å². The lowest BCUT2D eigenvalue weighted by molar-refractivity contribution is 0.0696. The molecule has 1 heterocycles. The first-order valence-electron chi connectivity index (χ1n) is 10.6. The number of carboxylic acids is 1. The minimum absolute atomic E-state index is 0.0666. The van der Waals surface area contributed by atoms with E-state index in [4.69, 9.17) is 4.74 Å². The maximum absolute atomic E-state index is 12.7. The molecule has 3 rings (SSSR count). The van der Waals surface area contributed by atoms with Gasteiger partial charge >= 0.3 is 5.97 Å². The molecule has 1 amide bonds. The molecule has 3 aromatic rings. The van der Waals surface area contributed by atoms with E-state index in [-0.39, 0.29) is 11.5 Å². The molecular weight excluding hydrogens is 392 g/mol. The molecule has 0 radical (unpaired) electrons. The van der Waals surface area contributed by atoms with Crippen LogP contribution in [0.4, 0.5) is 0 Å². The van der Waals surface area contributed by atoms with E-state index in [0.29, 0.717) is 30.2 Å². The minimum atomic E-state index is -0.987. The van der Waals surface area contributed by atoms with Gasteiger partial charge in [0.2, 0.25) is 0 Å².